The number of hydrogen-bond acceptors (Lipinski definition) is 0. The second-order valence-electron chi connectivity index (χ2n) is 4.46. The minimum Gasteiger partial charge on any atom is -0.343 e. The summed E-state index contributed by atoms with van der Waals surface area (Å²) in [7, 11) is 0. The molecule has 18 heavy (non-hydrogen) atoms. The van der Waals surface area contributed by atoms with E-state index in [2.05, 4.69) is 42.6 Å². The quantitative estimate of drug-likeness (QED) is 0.793. The average molecular weight is 261 g/mol. The van der Waals surface area contributed by atoms with Crippen molar-refractivity contribution >= 4 is 11.6 Å². The largest absolute Gasteiger partial charge is 0.343 e. The highest BCUT2D eigenvalue weighted by atomic mass is 35.5. The van der Waals surface area contributed by atoms with Crippen LogP contribution >= 0.6 is 11.6 Å². The van der Waals surface area contributed by atoms with Gasteiger partial charge < -0.3 is 5.32 Å². The Labute approximate surface area is 114 Å². The van der Waals surface area contributed by atoms with E-state index in [4.69, 9.17) is 11.6 Å². The van der Waals surface area contributed by atoms with Gasteiger partial charge in [0.25, 0.3) is 0 Å². The molecule has 0 heterocycles. The van der Waals surface area contributed by atoms with Crippen LogP contribution < -0.4 is 5.32 Å². The van der Waals surface area contributed by atoms with Crippen molar-refractivity contribution in [3.8, 4) is 11.1 Å². The number of benzene rings is 2. The van der Waals surface area contributed by atoms with Gasteiger partial charge in [-0.2, -0.15) is 0 Å². The lowest BCUT2D eigenvalue weighted by Gasteiger charge is -2.07. The predicted molar refractivity (Wildman–Crippen MR) is 77.7 cm³/mol. The number of rotatable bonds is 5. The lowest BCUT2D eigenvalue weighted by atomic mass is 10.0. The third-order valence-corrected chi connectivity index (χ3v) is 3.30. The van der Waals surface area contributed by atoms with E-state index in [9.17, 15) is 0 Å². The second kappa shape index (κ2) is 6.58. The fraction of sp³-hybridized carbons (Fsp3) is 0.250. The first kappa shape index (κ1) is 13.1. The lowest BCUT2D eigenvalue weighted by Crippen LogP contribution is -2.82. The number of quaternary nitrogens is 1. The van der Waals surface area contributed by atoms with Crippen LogP contribution in [0.1, 0.15) is 18.9 Å². The Morgan fingerprint density at radius 2 is 1.83 bits per heavy atom. The summed E-state index contributed by atoms with van der Waals surface area (Å²) in [6, 6.07) is 16.6. The molecule has 2 rings (SSSR count). The molecule has 2 aromatic carbocycles. The van der Waals surface area contributed by atoms with Crippen LogP contribution in [0.25, 0.3) is 11.1 Å². The summed E-state index contributed by atoms with van der Waals surface area (Å²) in [5.41, 5.74) is 3.57. The highest BCUT2D eigenvalue weighted by molar-refractivity contribution is 6.33. The fourth-order valence-electron chi connectivity index (χ4n) is 2.01. The third kappa shape index (κ3) is 3.34. The van der Waals surface area contributed by atoms with Gasteiger partial charge in [0.2, 0.25) is 0 Å². The lowest BCUT2D eigenvalue weighted by molar-refractivity contribution is -0.670. The number of hydrogen-bond donors (Lipinski definition) is 1. The predicted octanol–water partition coefficient (Wildman–Crippen LogP) is 3.48. The van der Waals surface area contributed by atoms with Crippen molar-refractivity contribution in [2.45, 2.75) is 19.9 Å². The molecule has 1 nitrogen and oxygen atoms in total. The maximum absolute atomic E-state index is 6.36. The summed E-state index contributed by atoms with van der Waals surface area (Å²) >= 11 is 6.36. The highest BCUT2D eigenvalue weighted by Gasteiger charge is 2.04. The van der Waals surface area contributed by atoms with Crippen LogP contribution in [0.3, 0.4) is 0 Å². The molecule has 0 aromatic heterocycles. The van der Waals surface area contributed by atoms with Crippen LogP contribution in [0.4, 0.5) is 0 Å². The van der Waals surface area contributed by atoms with Gasteiger partial charge in [0.15, 0.2) is 0 Å². The molecule has 2 N–H and O–H groups in total. The van der Waals surface area contributed by atoms with E-state index in [0.717, 1.165) is 23.7 Å². The van der Waals surface area contributed by atoms with Gasteiger partial charge in [-0.1, -0.05) is 61.0 Å². The summed E-state index contributed by atoms with van der Waals surface area (Å²) in [5, 5.41) is 3.15. The Morgan fingerprint density at radius 3 is 2.50 bits per heavy atom. The van der Waals surface area contributed by atoms with Crippen molar-refractivity contribution in [3.63, 3.8) is 0 Å². The van der Waals surface area contributed by atoms with Gasteiger partial charge in [0.1, 0.15) is 6.54 Å². The summed E-state index contributed by atoms with van der Waals surface area (Å²) in [4.78, 5) is 0. The SMILES string of the molecule is CCC[NH2+]Cc1ccc(-c2ccccc2)c(Cl)c1. The Balaban J connectivity index is 2.15. The first-order valence-electron chi connectivity index (χ1n) is 6.46. The van der Waals surface area contributed by atoms with Crippen LogP contribution in [0, 0.1) is 0 Å². The van der Waals surface area contributed by atoms with Gasteiger partial charge >= 0.3 is 0 Å². The first-order chi connectivity index (χ1) is 8.81. The molecular formula is C16H19ClN+. The minimum atomic E-state index is 0.837. The van der Waals surface area contributed by atoms with Gasteiger partial charge in [-0.3, -0.25) is 0 Å². The molecule has 0 saturated carbocycles. The zero-order chi connectivity index (χ0) is 12.8. The molecule has 0 amide bonds. The summed E-state index contributed by atoms with van der Waals surface area (Å²) in [6.45, 7) is 4.36. The van der Waals surface area contributed by atoms with Gasteiger partial charge in [-0.25, -0.2) is 0 Å². The molecule has 0 fully saturated rings. The number of nitrogens with two attached hydrogens (primary N) is 1. The summed E-state index contributed by atoms with van der Waals surface area (Å²) in [5.74, 6) is 0. The first-order valence-corrected chi connectivity index (χ1v) is 6.84. The zero-order valence-corrected chi connectivity index (χ0v) is 11.5. The normalized spacial score (nSPS) is 10.6. The van der Waals surface area contributed by atoms with E-state index >= 15 is 0 Å². The summed E-state index contributed by atoms with van der Waals surface area (Å²) in [6.07, 6.45) is 1.20. The molecule has 0 aliphatic rings. The van der Waals surface area contributed by atoms with Crippen molar-refractivity contribution in [3.05, 3.63) is 59.1 Å². The Morgan fingerprint density at radius 1 is 1.06 bits per heavy atom. The van der Waals surface area contributed by atoms with E-state index < -0.39 is 0 Å². The highest BCUT2D eigenvalue weighted by Crippen LogP contribution is 2.28. The van der Waals surface area contributed by atoms with E-state index in [-0.39, 0.29) is 0 Å². The van der Waals surface area contributed by atoms with Crippen LogP contribution in [0.2, 0.25) is 5.02 Å². The second-order valence-corrected chi connectivity index (χ2v) is 4.87. The molecular weight excluding hydrogens is 242 g/mol. The molecule has 0 spiro atoms. The zero-order valence-electron chi connectivity index (χ0n) is 10.7. The molecule has 0 radical (unpaired) electrons. The molecule has 94 valence electrons. The summed E-state index contributed by atoms with van der Waals surface area (Å²) < 4.78 is 0. The van der Waals surface area contributed by atoms with Gasteiger partial charge in [0, 0.05) is 16.1 Å². The monoisotopic (exact) mass is 260 g/mol. The topological polar surface area (TPSA) is 16.6 Å². The van der Waals surface area contributed by atoms with E-state index in [1.807, 2.05) is 18.2 Å². The van der Waals surface area contributed by atoms with Gasteiger partial charge in [-0.05, 0) is 18.1 Å². The van der Waals surface area contributed by atoms with E-state index in [0.29, 0.717) is 0 Å². The van der Waals surface area contributed by atoms with Gasteiger partial charge in [0.05, 0.1) is 6.54 Å². The third-order valence-electron chi connectivity index (χ3n) is 2.99. The molecule has 0 bridgehead atoms. The molecule has 0 aliphatic heterocycles. The standard InChI is InChI=1S/C16H18ClN/c1-2-10-18-12-13-8-9-15(16(17)11-13)14-6-4-3-5-7-14/h3-9,11,18H,2,10,12H2,1H3/p+1. The van der Waals surface area contributed by atoms with E-state index in [1.54, 1.807) is 0 Å². The minimum absolute atomic E-state index is 0.837. The maximum atomic E-state index is 6.36. The smallest absolute Gasteiger partial charge is 0.101 e. The van der Waals surface area contributed by atoms with Crippen LogP contribution in [-0.4, -0.2) is 6.54 Å². The molecule has 2 aromatic rings. The molecule has 0 saturated heterocycles. The van der Waals surface area contributed by atoms with E-state index in [1.165, 1.54) is 17.5 Å². The van der Waals surface area contributed by atoms with Crippen LogP contribution in [0.15, 0.2) is 48.5 Å². The molecule has 0 unspecified atom stereocenters. The van der Waals surface area contributed by atoms with Crippen molar-refractivity contribution in [1.82, 2.24) is 0 Å². The van der Waals surface area contributed by atoms with Gasteiger partial charge in [-0.15, -0.1) is 0 Å². The van der Waals surface area contributed by atoms with Crippen molar-refractivity contribution < 1.29 is 5.32 Å². The average Bonchev–Trinajstić information content (AvgIpc) is 2.40. The molecule has 0 aliphatic carbocycles. The maximum Gasteiger partial charge on any atom is 0.101 e. The number of halogens is 1. The van der Waals surface area contributed by atoms with Crippen molar-refractivity contribution in [2.24, 2.45) is 0 Å². The Kier molecular flexibility index (Phi) is 4.80. The Bertz CT molecular complexity index is 494. The molecule has 0 atom stereocenters. The van der Waals surface area contributed by atoms with Crippen molar-refractivity contribution in [2.75, 3.05) is 6.54 Å². The fourth-order valence-corrected chi connectivity index (χ4v) is 2.32. The molecule has 2 heteroatoms. The van der Waals surface area contributed by atoms with Crippen LogP contribution in [-0.2, 0) is 6.54 Å². The van der Waals surface area contributed by atoms with Crippen molar-refractivity contribution in [1.29, 1.82) is 0 Å². The Hall–Kier alpha value is -1.31. The van der Waals surface area contributed by atoms with Crippen LogP contribution in [0.5, 0.6) is 0 Å².